The first-order valence-electron chi connectivity index (χ1n) is 10.9. The van der Waals surface area contributed by atoms with Gasteiger partial charge in [0.2, 0.25) is 0 Å². The molecule has 1 atom stereocenters. The number of anilines is 1. The van der Waals surface area contributed by atoms with Crippen molar-refractivity contribution in [3.63, 3.8) is 0 Å². The Morgan fingerprint density at radius 2 is 1.87 bits per heavy atom. The van der Waals surface area contributed by atoms with Crippen LogP contribution in [0.4, 0.5) is 5.69 Å². The number of hydrogen-bond donors (Lipinski definition) is 1. The van der Waals surface area contributed by atoms with Crippen LogP contribution in [0.15, 0.2) is 60.3 Å². The standard InChI is InChI=1S/C25H28N2O4/c1-2-14-31-21-12-6-11-20(15-21)27-24(29)22(19-9-4-3-5-10-19)23(25(27)30)26-13-7-8-18(16-26)17-28/h3-6,9-12,15,18,28H,2,7-8,13-14,16-17H2,1H3. The molecule has 6 nitrogen and oxygen atoms in total. The zero-order valence-electron chi connectivity index (χ0n) is 17.8. The third-order valence-electron chi connectivity index (χ3n) is 5.76. The third kappa shape index (κ3) is 4.21. The topological polar surface area (TPSA) is 70.1 Å². The molecule has 1 fully saturated rings. The minimum absolute atomic E-state index is 0.0765. The number of carbonyl (C=O) groups excluding carboxylic acids is 2. The van der Waals surface area contributed by atoms with Crippen molar-refractivity contribution >= 4 is 23.1 Å². The van der Waals surface area contributed by atoms with Crippen LogP contribution in [0.2, 0.25) is 0 Å². The molecule has 2 aromatic rings. The summed E-state index contributed by atoms with van der Waals surface area (Å²) in [6.07, 6.45) is 2.67. The van der Waals surface area contributed by atoms with Gasteiger partial charge >= 0.3 is 0 Å². The first-order chi connectivity index (χ1) is 15.1. The number of hydrogen-bond acceptors (Lipinski definition) is 5. The van der Waals surface area contributed by atoms with Gasteiger partial charge in [0.25, 0.3) is 11.8 Å². The summed E-state index contributed by atoms with van der Waals surface area (Å²) >= 11 is 0. The molecule has 162 valence electrons. The van der Waals surface area contributed by atoms with Gasteiger partial charge in [-0.15, -0.1) is 0 Å². The predicted octanol–water partition coefficient (Wildman–Crippen LogP) is 3.46. The van der Waals surface area contributed by atoms with Gasteiger partial charge in [-0.2, -0.15) is 0 Å². The van der Waals surface area contributed by atoms with E-state index in [9.17, 15) is 14.7 Å². The minimum Gasteiger partial charge on any atom is -0.494 e. The van der Waals surface area contributed by atoms with E-state index in [1.54, 1.807) is 18.2 Å². The molecule has 2 aromatic carbocycles. The molecule has 2 amide bonds. The number of nitrogens with zero attached hydrogens (tertiary/aromatic N) is 2. The van der Waals surface area contributed by atoms with E-state index in [0.29, 0.717) is 42.4 Å². The van der Waals surface area contributed by atoms with E-state index in [0.717, 1.165) is 24.8 Å². The maximum absolute atomic E-state index is 13.6. The molecule has 0 aliphatic carbocycles. The zero-order valence-corrected chi connectivity index (χ0v) is 17.8. The van der Waals surface area contributed by atoms with Crippen LogP contribution in [0.25, 0.3) is 5.57 Å². The second-order valence-corrected chi connectivity index (χ2v) is 8.02. The van der Waals surface area contributed by atoms with Crippen LogP contribution in [0.3, 0.4) is 0 Å². The number of likely N-dealkylation sites (tertiary alicyclic amines) is 1. The molecule has 6 heteroatoms. The summed E-state index contributed by atoms with van der Waals surface area (Å²) in [5, 5.41) is 9.66. The van der Waals surface area contributed by atoms with E-state index in [4.69, 9.17) is 4.74 Å². The summed E-state index contributed by atoms with van der Waals surface area (Å²) in [5.41, 5.74) is 2.07. The van der Waals surface area contributed by atoms with Crippen LogP contribution in [-0.4, -0.2) is 48.1 Å². The molecule has 31 heavy (non-hydrogen) atoms. The first kappa shape index (κ1) is 21.1. The summed E-state index contributed by atoms with van der Waals surface area (Å²) in [6, 6.07) is 16.5. The van der Waals surface area contributed by atoms with E-state index in [2.05, 4.69) is 0 Å². The average molecular weight is 421 g/mol. The highest BCUT2D eigenvalue weighted by Gasteiger charge is 2.43. The molecule has 2 heterocycles. The van der Waals surface area contributed by atoms with Gasteiger partial charge in [0.1, 0.15) is 11.4 Å². The normalized spacial score (nSPS) is 19.4. The number of benzene rings is 2. The van der Waals surface area contributed by atoms with Crippen LogP contribution < -0.4 is 9.64 Å². The van der Waals surface area contributed by atoms with E-state index in [1.807, 2.05) is 48.2 Å². The van der Waals surface area contributed by atoms with Gasteiger partial charge in [-0.05, 0) is 42.9 Å². The summed E-state index contributed by atoms with van der Waals surface area (Å²) in [5.74, 6) is 0.0778. The van der Waals surface area contributed by atoms with Gasteiger partial charge in [0.05, 0.1) is 17.9 Å². The Hall–Kier alpha value is -3.12. The number of amides is 2. The van der Waals surface area contributed by atoms with Crippen molar-refractivity contribution in [2.75, 3.05) is 31.2 Å². The maximum Gasteiger partial charge on any atom is 0.282 e. The van der Waals surface area contributed by atoms with Crippen molar-refractivity contribution in [1.29, 1.82) is 0 Å². The van der Waals surface area contributed by atoms with Crippen molar-refractivity contribution in [3.05, 3.63) is 65.9 Å². The lowest BCUT2D eigenvalue weighted by molar-refractivity contribution is -0.120. The molecule has 0 saturated carbocycles. The third-order valence-corrected chi connectivity index (χ3v) is 5.76. The number of ether oxygens (including phenoxy) is 1. The van der Waals surface area contributed by atoms with Crippen molar-refractivity contribution < 1.29 is 19.4 Å². The van der Waals surface area contributed by atoms with Crippen molar-refractivity contribution in [3.8, 4) is 5.75 Å². The molecule has 0 spiro atoms. The lowest BCUT2D eigenvalue weighted by atomic mass is 9.97. The quantitative estimate of drug-likeness (QED) is 0.695. The Morgan fingerprint density at radius 1 is 1.06 bits per heavy atom. The first-order valence-corrected chi connectivity index (χ1v) is 10.9. The van der Waals surface area contributed by atoms with E-state index in [-0.39, 0.29) is 24.3 Å². The number of aliphatic hydroxyl groups is 1. The summed E-state index contributed by atoms with van der Waals surface area (Å²) in [4.78, 5) is 30.4. The monoisotopic (exact) mass is 420 g/mol. The van der Waals surface area contributed by atoms with Crippen molar-refractivity contribution in [1.82, 2.24) is 4.90 Å². The molecule has 0 radical (unpaired) electrons. The fourth-order valence-electron chi connectivity index (χ4n) is 4.26. The smallest absolute Gasteiger partial charge is 0.282 e. The van der Waals surface area contributed by atoms with Crippen LogP contribution in [0.1, 0.15) is 31.7 Å². The SMILES string of the molecule is CCCOc1cccc(N2C(=O)C(c3ccccc3)=C(N3CCCC(CO)C3)C2=O)c1. The molecule has 0 bridgehead atoms. The van der Waals surface area contributed by atoms with Gasteiger partial charge in [0, 0.05) is 25.8 Å². The minimum atomic E-state index is -0.329. The zero-order chi connectivity index (χ0) is 21.8. The van der Waals surface area contributed by atoms with Gasteiger partial charge in [-0.25, -0.2) is 4.90 Å². The Bertz CT molecular complexity index is 986. The number of rotatable bonds is 7. The highest BCUT2D eigenvalue weighted by molar-refractivity contribution is 6.45. The van der Waals surface area contributed by atoms with Gasteiger partial charge in [0.15, 0.2) is 0 Å². The van der Waals surface area contributed by atoms with Crippen LogP contribution in [-0.2, 0) is 9.59 Å². The Balaban J connectivity index is 1.74. The van der Waals surface area contributed by atoms with Crippen LogP contribution >= 0.6 is 0 Å². The number of piperidine rings is 1. The second-order valence-electron chi connectivity index (χ2n) is 8.02. The number of carbonyl (C=O) groups is 2. The highest BCUT2D eigenvalue weighted by Crippen LogP contribution is 2.37. The summed E-state index contributed by atoms with van der Waals surface area (Å²) in [7, 11) is 0. The lowest BCUT2D eigenvalue weighted by Crippen LogP contribution is -2.40. The predicted molar refractivity (Wildman–Crippen MR) is 119 cm³/mol. The summed E-state index contributed by atoms with van der Waals surface area (Å²) in [6.45, 7) is 3.93. The molecular weight excluding hydrogens is 392 g/mol. The lowest BCUT2D eigenvalue weighted by Gasteiger charge is -2.34. The maximum atomic E-state index is 13.6. The molecule has 2 aliphatic rings. The fraction of sp³-hybridized carbons (Fsp3) is 0.360. The molecular formula is C25H28N2O4. The van der Waals surface area contributed by atoms with E-state index >= 15 is 0 Å². The Labute approximate surface area is 182 Å². The highest BCUT2D eigenvalue weighted by atomic mass is 16.5. The van der Waals surface area contributed by atoms with Gasteiger partial charge in [-0.3, -0.25) is 9.59 Å². The van der Waals surface area contributed by atoms with Gasteiger partial charge in [-0.1, -0.05) is 43.3 Å². The Morgan fingerprint density at radius 3 is 2.61 bits per heavy atom. The largest absolute Gasteiger partial charge is 0.494 e. The molecule has 4 rings (SSSR count). The Kier molecular flexibility index (Phi) is 6.37. The number of imide groups is 1. The molecule has 1 unspecified atom stereocenters. The van der Waals surface area contributed by atoms with Crippen LogP contribution in [0.5, 0.6) is 5.75 Å². The number of aliphatic hydroxyl groups excluding tert-OH is 1. The van der Waals surface area contributed by atoms with Crippen molar-refractivity contribution in [2.45, 2.75) is 26.2 Å². The molecule has 0 aromatic heterocycles. The van der Waals surface area contributed by atoms with Gasteiger partial charge < -0.3 is 14.7 Å². The van der Waals surface area contributed by atoms with Crippen molar-refractivity contribution in [2.24, 2.45) is 5.92 Å². The summed E-state index contributed by atoms with van der Waals surface area (Å²) < 4.78 is 5.71. The van der Waals surface area contributed by atoms with E-state index in [1.165, 1.54) is 4.90 Å². The van der Waals surface area contributed by atoms with E-state index < -0.39 is 0 Å². The average Bonchev–Trinajstić information content (AvgIpc) is 3.08. The van der Waals surface area contributed by atoms with Crippen LogP contribution in [0, 0.1) is 5.92 Å². The molecule has 1 saturated heterocycles. The molecule has 2 aliphatic heterocycles. The molecule has 1 N–H and O–H groups in total. The fourth-order valence-corrected chi connectivity index (χ4v) is 4.26. The second kappa shape index (κ2) is 9.35.